The average Bonchev–Trinajstić information content (AvgIpc) is 2.72. The van der Waals surface area contributed by atoms with Crippen LogP contribution < -0.4 is 10.2 Å². The predicted octanol–water partition coefficient (Wildman–Crippen LogP) is 1.04. The van der Waals surface area contributed by atoms with Crippen molar-refractivity contribution >= 4 is 22.4 Å². The van der Waals surface area contributed by atoms with E-state index in [0.717, 1.165) is 10.8 Å². The summed E-state index contributed by atoms with van der Waals surface area (Å²) in [5.41, 5.74) is 0.948. The largest absolute Gasteiger partial charge is 0.383 e. The zero-order chi connectivity index (χ0) is 12.7. The van der Waals surface area contributed by atoms with Crippen LogP contribution in [0.5, 0.6) is 0 Å². The van der Waals surface area contributed by atoms with Gasteiger partial charge in [-0.25, -0.2) is 4.98 Å². The summed E-state index contributed by atoms with van der Waals surface area (Å²) in [5.74, 6) is 0.0398. The number of ether oxygens (including phenoxy) is 1. The fourth-order valence-corrected chi connectivity index (χ4v) is 2.23. The SMILES string of the molecule is CCN(C(=O)CNCCOC)c1nc(C)cs1. The number of thiazole rings is 1. The molecule has 0 spiro atoms. The zero-order valence-corrected chi connectivity index (χ0v) is 11.3. The number of amides is 1. The third-order valence-corrected chi connectivity index (χ3v) is 3.20. The number of nitrogens with one attached hydrogen (secondary N) is 1. The lowest BCUT2D eigenvalue weighted by Crippen LogP contribution is -2.39. The van der Waals surface area contributed by atoms with Gasteiger partial charge in [0.25, 0.3) is 0 Å². The van der Waals surface area contributed by atoms with Crippen LogP contribution in [0.3, 0.4) is 0 Å². The molecular weight excluding hydrogens is 238 g/mol. The lowest BCUT2D eigenvalue weighted by Gasteiger charge is -2.17. The van der Waals surface area contributed by atoms with E-state index in [1.807, 2.05) is 19.2 Å². The molecule has 0 aliphatic rings. The van der Waals surface area contributed by atoms with Crippen molar-refractivity contribution in [2.45, 2.75) is 13.8 Å². The fourth-order valence-electron chi connectivity index (χ4n) is 1.35. The Labute approximate surface area is 106 Å². The van der Waals surface area contributed by atoms with Gasteiger partial charge < -0.3 is 10.1 Å². The summed E-state index contributed by atoms with van der Waals surface area (Å²) in [7, 11) is 1.64. The van der Waals surface area contributed by atoms with Crippen LogP contribution in [0, 0.1) is 6.92 Å². The van der Waals surface area contributed by atoms with Crippen LogP contribution in [0.15, 0.2) is 5.38 Å². The van der Waals surface area contributed by atoms with E-state index in [1.54, 1.807) is 12.0 Å². The molecule has 0 radical (unpaired) electrons. The molecule has 0 aromatic carbocycles. The summed E-state index contributed by atoms with van der Waals surface area (Å²) in [4.78, 5) is 17.9. The van der Waals surface area contributed by atoms with Gasteiger partial charge in [0.15, 0.2) is 5.13 Å². The van der Waals surface area contributed by atoms with Crippen molar-refractivity contribution in [3.63, 3.8) is 0 Å². The number of nitrogens with zero attached hydrogens (tertiary/aromatic N) is 2. The lowest BCUT2D eigenvalue weighted by atomic mass is 10.4. The molecule has 0 unspecified atom stereocenters. The summed E-state index contributed by atoms with van der Waals surface area (Å²) < 4.78 is 4.90. The molecule has 0 saturated heterocycles. The van der Waals surface area contributed by atoms with E-state index in [2.05, 4.69) is 10.3 Å². The molecule has 0 atom stereocenters. The number of aryl methyl sites for hydroxylation is 1. The highest BCUT2D eigenvalue weighted by Gasteiger charge is 2.15. The Kier molecular flexibility index (Phi) is 6.10. The maximum Gasteiger partial charge on any atom is 0.242 e. The van der Waals surface area contributed by atoms with Crippen molar-refractivity contribution in [1.29, 1.82) is 0 Å². The van der Waals surface area contributed by atoms with Crippen LogP contribution in [0.1, 0.15) is 12.6 Å². The lowest BCUT2D eigenvalue weighted by molar-refractivity contribution is -0.117. The molecule has 1 N–H and O–H groups in total. The fraction of sp³-hybridized carbons (Fsp3) is 0.636. The molecule has 0 saturated carbocycles. The molecule has 1 rings (SSSR count). The van der Waals surface area contributed by atoms with Crippen molar-refractivity contribution in [3.05, 3.63) is 11.1 Å². The highest BCUT2D eigenvalue weighted by atomic mass is 32.1. The highest BCUT2D eigenvalue weighted by Crippen LogP contribution is 2.19. The highest BCUT2D eigenvalue weighted by molar-refractivity contribution is 7.14. The maximum atomic E-state index is 11.9. The van der Waals surface area contributed by atoms with Gasteiger partial charge in [0.1, 0.15) is 0 Å². The van der Waals surface area contributed by atoms with Gasteiger partial charge in [0.05, 0.1) is 18.8 Å². The van der Waals surface area contributed by atoms with E-state index in [4.69, 9.17) is 4.74 Å². The topological polar surface area (TPSA) is 54.5 Å². The van der Waals surface area contributed by atoms with Crippen LogP contribution in [0.4, 0.5) is 5.13 Å². The third kappa shape index (κ3) is 4.41. The van der Waals surface area contributed by atoms with Crippen LogP contribution in [-0.2, 0) is 9.53 Å². The van der Waals surface area contributed by atoms with Gasteiger partial charge in [0, 0.05) is 25.6 Å². The number of hydrogen-bond donors (Lipinski definition) is 1. The Hall–Kier alpha value is -0.980. The maximum absolute atomic E-state index is 11.9. The third-order valence-electron chi connectivity index (χ3n) is 2.21. The van der Waals surface area contributed by atoms with Crippen LogP contribution in [0.25, 0.3) is 0 Å². The predicted molar refractivity (Wildman–Crippen MR) is 69.6 cm³/mol. The summed E-state index contributed by atoms with van der Waals surface area (Å²) >= 11 is 1.50. The van der Waals surface area contributed by atoms with Gasteiger partial charge in [-0.1, -0.05) is 0 Å². The summed E-state index contributed by atoms with van der Waals surface area (Å²) in [6.07, 6.45) is 0. The van der Waals surface area contributed by atoms with Crippen LogP contribution >= 0.6 is 11.3 Å². The Bertz CT molecular complexity index is 354. The number of methoxy groups -OCH3 is 1. The van der Waals surface area contributed by atoms with Crippen molar-refractivity contribution in [2.24, 2.45) is 0 Å². The second-order valence-corrected chi connectivity index (χ2v) is 4.42. The molecule has 0 bridgehead atoms. The molecule has 1 amide bonds. The van der Waals surface area contributed by atoms with E-state index in [-0.39, 0.29) is 5.91 Å². The number of aromatic nitrogens is 1. The molecule has 0 aliphatic heterocycles. The number of likely N-dealkylation sites (N-methyl/N-ethyl adjacent to an activating group) is 1. The quantitative estimate of drug-likeness (QED) is 0.742. The molecule has 96 valence electrons. The number of hydrogen-bond acceptors (Lipinski definition) is 5. The summed E-state index contributed by atoms with van der Waals surface area (Å²) in [6, 6.07) is 0. The van der Waals surface area contributed by atoms with Crippen LogP contribution in [0.2, 0.25) is 0 Å². The first kappa shape index (κ1) is 14.1. The second kappa shape index (κ2) is 7.37. The first-order chi connectivity index (χ1) is 8.19. The van der Waals surface area contributed by atoms with Gasteiger partial charge in [-0.3, -0.25) is 9.69 Å². The van der Waals surface area contributed by atoms with Gasteiger partial charge in [0.2, 0.25) is 5.91 Å². The first-order valence-electron chi connectivity index (χ1n) is 5.61. The van der Waals surface area contributed by atoms with E-state index >= 15 is 0 Å². The monoisotopic (exact) mass is 257 g/mol. The van der Waals surface area contributed by atoms with Gasteiger partial charge in [-0.2, -0.15) is 0 Å². The van der Waals surface area contributed by atoms with Crippen molar-refractivity contribution in [1.82, 2.24) is 10.3 Å². The zero-order valence-electron chi connectivity index (χ0n) is 10.5. The average molecular weight is 257 g/mol. The molecule has 0 aliphatic carbocycles. The molecular formula is C11H19N3O2S. The van der Waals surface area contributed by atoms with Crippen molar-refractivity contribution in [3.8, 4) is 0 Å². The molecule has 1 aromatic rings. The molecule has 1 aromatic heterocycles. The minimum atomic E-state index is 0.0398. The molecule has 6 heteroatoms. The summed E-state index contributed by atoms with van der Waals surface area (Å²) in [6.45, 7) is 6.11. The number of carbonyl (C=O) groups is 1. The normalized spacial score (nSPS) is 10.5. The molecule has 0 fully saturated rings. The molecule has 1 heterocycles. The van der Waals surface area contributed by atoms with Gasteiger partial charge in [-0.05, 0) is 13.8 Å². The Morgan fingerprint density at radius 2 is 2.41 bits per heavy atom. The number of rotatable bonds is 7. The standard InChI is InChI=1S/C11H19N3O2S/c1-4-14(11-13-9(2)8-17-11)10(15)7-12-5-6-16-3/h8,12H,4-7H2,1-3H3. The van der Waals surface area contributed by atoms with Gasteiger partial charge >= 0.3 is 0 Å². The Balaban J connectivity index is 2.47. The Morgan fingerprint density at radius 1 is 1.65 bits per heavy atom. The smallest absolute Gasteiger partial charge is 0.242 e. The van der Waals surface area contributed by atoms with Crippen molar-refractivity contribution < 1.29 is 9.53 Å². The second-order valence-electron chi connectivity index (χ2n) is 3.58. The summed E-state index contributed by atoms with van der Waals surface area (Å²) in [5, 5.41) is 5.75. The van der Waals surface area contributed by atoms with Crippen LogP contribution in [-0.4, -0.2) is 44.2 Å². The Morgan fingerprint density at radius 3 is 2.94 bits per heavy atom. The number of carbonyl (C=O) groups excluding carboxylic acids is 1. The van der Waals surface area contributed by atoms with E-state index in [0.29, 0.717) is 26.2 Å². The molecule has 5 nitrogen and oxygen atoms in total. The van der Waals surface area contributed by atoms with E-state index in [1.165, 1.54) is 11.3 Å². The van der Waals surface area contributed by atoms with Crippen molar-refractivity contribution in [2.75, 3.05) is 38.3 Å². The molecule has 17 heavy (non-hydrogen) atoms. The minimum absolute atomic E-state index is 0.0398. The number of anilines is 1. The van der Waals surface area contributed by atoms with E-state index in [9.17, 15) is 4.79 Å². The van der Waals surface area contributed by atoms with Gasteiger partial charge in [-0.15, -0.1) is 11.3 Å². The minimum Gasteiger partial charge on any atom is -0.383 e. The van der Waals surface area contributed by atoms with E-state index < -0.39 is 0 Å². The first-order valence-corrected chi connectivity index (χ1v) is 6.49.